The molecule has 0 saturated carbocycles. The Morgan fingerprint density at radius 2 is 1.53 bits per heavy atom. The van der Waals surface area contributed by atoms with E-state index in [2.05, 4.69) is 21.3 Å². The number of amides is 7. The molecule has 0 aliphatic carbocycles. The maximum absolute atomic E-state index is 13.7. The molecule has 3 aliphatic heterocycles. The first kappa shape index (κ1) is 36.9. The predicted octanol–water partition coefficient (Wildman–Crippen LogP) is 1.85. The van der Waals surface area contributed by atoms with Crippen molar-refractivity contribution in [1.82, 2.24) is 31.1 Å². The average molecular weight is 676 g/mol. The van der Waals surface area contributed by atoms with Crippen LogP contribution in [0.5, 0.6) is 0 Å². The van der Waals surface area contributed by atoms with Crippen LogP contribution in [0.15, 0.2) is 54.6 Å². The van der Waals surface area contributed by atoms with Gasteiger partial charge in [-0.25, -0.2) is 4.79 Å². The van der Waals surface area contributed by atoms with Crippen LogP contribution >= 0.6 is 0 Å². The number of hydrogen-bond donors (Lipinski definition) is 5. The minimum Gasteiger partial charge on any atom is -0.354 e. The molecule has 4 atom stereocenters. The SMILES string of the molecule is CC(C)C[C@@H]1NC(=O)[C@@H](Cc2ccccc2)NC(=O)c2ccc(cc2)CN(C(=O)[C@@H]2CCCN2C(N)=O)CCCCNC(=O)[C@@H](C)NC1=O. The minimum atomic E-state index is -1.00. The summed E-state index contributed by atoms with van der Waals surface area (Å²) in [5, 5.41) is 11.2. The van der Waals surface area contributed by atoms with Gasteiger partial charge in [-0.2, -0.15) is 0 Å². The summed E-state index contributed by atoms with van der Waals surface area (Å²) in [6, 6.07) is 12.0. The summed E-state index contributed by atoms with van der Waals surface area (Å²) in [6.45, 7) is 6.80. The Balaban J connectivity index is 1.61. The third kappa shape index (κ3) is 10.5. The summed E-state index contributed by atoms with van der Waals surface area (Å²) >= 11 is 0. The number of nitrogens with two attached hydrogens (primary N) is 1. The van der Waals surface area contributed by atoms with Crippen molar-refractivity contribution in [2.24, 2.45) is 11.7 Å². The van der Waals surface area contributed by atoms with E-state index in [1.807, 2.05) is 44.2 Å². The molecule has 6 N–H and O–H groups in total. The molecule has 1 saturated heterocycles. The molecule has 13 nitrogen and oxygen atoms in total. The van der Waals surface area contributed by atoms with Crippen LogP contribution in [0.25, 0.3) is 0 Å². The molecule has 3 heterocycles. The van der Waals surface area contributed by atoms with Crippen LogP contribution in [0.4, 0.5) is 4.79 Å². The predicted molar refractivity (Wildman–Crippen MR) is 184 cm³/mol. The smallest absolute Gasteiger partial charge is 0.315 e. The second kappa shape index (κ2) is 17.5. The number of primary amides is 1. The first-order valence-corrected chi connectivity index (χ1v) is 17.1. The van der Waals surface area contributed by atoms with Gasteiger partial charge >= 0.3 is 6.03 Å². The molecule has 13 heteroatoms. The van der Waals surface area contributed by atoms with Crippen molar-refractivity contribution >= 4 is 35.6 Å². The highest BCUT2D eigenvalue weighted by atomic mass is 16.2. The first-order valence-electron chi connectivity index (χ1n) is 17.1. The van der Waals surface area contributed by atoms with Crippen molar-refractivity contribution in [3.63, 3.8) is 0 Å². The second-order valence-corrected chi connectivity index (χ2v) is 13.3. The van der Waals surface area contributed by atoms with Gasteiger partial charge in [0.1, 0.15) is 24.2 Å². The van der Waals surface area contributed by atoms with Crippen molar-refractivity contribution in [2.75, 3.05) is 19.6 Å². The highest BCUT2D eigenvalue weighted by molar-refractivity contribution is 5.99. The Kier molecular flexibility index (Phi) is 13.1. The highest BCUT2D eigenvalue weighted by Crippen LogP contribution is 2.21. The number of benzene rings is 2. The second-order valence-electron chi connectivity index (χ2n) is 13.3. The number of carbonyl (C=O) groups excluding carboxylic acids is 6. The van der Waals surface area contributed by atoms with Crippen LogP contribution in [-0.2, 0) is 32.1 Å². The van der Waals surface area contributed by atoms with Crippen molar-refractivity contribution in [2.45, 2.75) is 90.0 Å². The van der Waals surface area contributed by atoms with E-state index in [1.165, 1.54) is 4.90 Å². The lowest BCUT2D eigenvalue weighted by Crippen LogP contribution is -2.57. The van der Waals surface area contributed by atoms with Gasteiger partial charge in [0, 0.05) is 38.2 Å². The fourth-order valence-electron chi connectivity index (χ4n) is 6.19. The summed E-state index contributed by atoms with van der Waals surface area (Å²) in [5.74, 6) is -2.03. The van der Waals surface area contributed by atoms with E-state index in [9.17, 15) is 28.8 Å². The van der Waals surface area contributed by atoms with E-state index < -0.39 is 47.9 Å². The fourth-order valence-corrected chi connectivity index (χ4v) is 6.19. The number of nitrogens with one attached hydrogen (secondary N) is 4. The number of hydrogen-bond acceptors (Lipinski definition) is 6. The van der Waals surface area contributed by atoms with Crippen LogP contribution < -0.4 is 27.0 Å². The lowest BCUT2D eigenvalue weighted by molar-refractivity contribution is -0.136. The van der Waals surface area contributed by atoms with Crippen LogP contribution in [0, 0.1) is 5.92 Å². The zero-order valence-electron chi connectivity index (χ0n) is 28.6. The average Bonchev–Trinajstić information content (AvgIpc) is 3.57. The van der Waals surface area contributed by atoms with Gasteiger partial charge in [-0.05, 0) is 68.2 Å². The molecule has 3 aliphatic rings. The summed E-state index contributed by atoms with van der Waals surface area (Å²) in [5.41, 5.74) is 7.48. The summed E-state index contributed by atoms with van der Waals surface area (Å²) in [4.78, 5) is 82.3. The zero-order chi connectivity index (χ0) is 35.5. The van der Waals surface area contributed by atoms with Gasteiger partial charge < -0.3 is 36.8 Å². The topological polar surface area (TPSA) is 183 Å². The molecule has 1 fully saturated rings. The molecule has 0 aromatic heterocycles. The number of likely N-dealkylation sites (tertiary alicyclic amines) is 1. The van der Waals surface area contributed by atoms with Gasteiger partial charge in [0.25, 0.3) is 5.91 Å². The van der Waals surface area contributed by atoms with E-state index in [1.54, 1.807) is 36.1 Å². The third-order valence-electron chi connectivity index (χ3n) is 8.87. The normalized spacial score (nSPS) is 23.3. The minimum absolute atomic E-state index is 0.0503. The molecule has 2 aromatic rings. The van der Waals surface area contributed by atoms with Crippen molar-refractivity contribution in [3.05, 3.63) is 71.3 Å². The standard InChI is InChI=1S/C36H49N7O6/c1-23(2)20-28-33(46)39-24(3)31(44)38-17-7-8-18-42(35(48)30-12-9-19-43(30)36(37)49)22-26-13-15-27(16-14-26)32(45)40-29(34(47)41-28)21-25-10-5-4-6-11-25/h4-6,10-11,13-16,23-24,28-30H,7-9,12,17-22H2,1-3H3,(H2,37,49)(H,38,44)(H,39,46)(H,40,45)(H,41,47)/t24-,28+,29-,30+/m1/s1. The molecular formula is C36H49N7O6. The number of fused-ring (bicyclic) bond motifs is 18. The lowest BCUT2D eigenvalue weighted by atomic mass is 10.0. The van der Waals surface area contributed by atoms with Crippen molar-refractivity contribution in [1.29, 1.82) is 0 Å². The molecule has 0 unspecified atom stereocenters. The van der Waals surface area contributed by atoms with Gasteiger partial charge in [-0.15, -0.1) is 0 Å². The molecule has 0 radical (unpaired) electrons. The van der Waals surface area contributed by atoms with Gasteiger partial charge in [0.05, 0.1) is 0 Å². The Labute approximate surface area is 287 Å². The third-order valence-corrected chi connectivity index (χ3v) is 8.87. The van der Waals surface area contributed by atoms with E-state index in [0.29, 0.717) is 57.3 Å². The monoisotopic (exact) mass is 675 g/mol. The Morgan fingerprint density at radius 3 is 2.20 bits per heavy atom. The van der Waals surface area contributed by atoms with E-state index in [0.717, 1.165) is 11.1 Å². The number of urea groups is 1. The molecule has 264 valence electrons. The Hall–Kier alpha value is -4.94. The van der Waals surface area contributed by atoms with Gasteiger partial charge in [-0.3, -0.25) is 24.0 Å². The molecule has 0 spiro atoms. The van der Waals surface area contributed by atoms with Crippen LogP contribution in [-0.4, -0.2) is 89.2 Å². The fraction of sp³-hybridized carbons (Fsp3) is 0.500. The largest absolute Gasteiger partial charge is 0.354 e. The number of carbonyl (C=O) groups is 6. The molecular weight excluding hydrogens is 626 g/mol. The van der Waals surface area contributed by atoms with Crippen molar-refractivity contribution in [3.8, 4) is 0 Å². The zero-order valence-corrected chi connectivity index (χ0v) is 28.6. The molecule has 2 aromatic carbocycles. The summed E-state index contributed by atoms with van der Waals surface area (Å²) in [7, 11) is 0. The van der Waals surface area contributed by atoms with Crippen LogP contribution in [0.3, 0.4) is 0 Å². The molecule has 7 amide bonds. The van der Waals surface area contributed by atoms with E-state index >= 15 is 0 Å². The van der Waals surface area contributed by atoms with E-state index in [-0.39, 0.29) is 30.7 Å². The molecule has 5 rings (SSSR count). The van der Waals surface area contributed by atoms with Crippen LogP contribution in [0.2, 0.25) is 0 Å². The lowest BCUT2D eigenvalue weighted by Gasteiger charge is -2.30. The molecule has 49 heavy (non-hydrogen) atoms. The quantitative estimate of drug-likeness (QED) is 0.302. The first-order chi connectivity index (χ1) is 23.4. The van der Waals surface area contributed by atoms with E-state index in [4.69, 9.17) is 5.73 Å². The number of nitrogens with zero attached hydrogens (tertiary/aromatic N) is 2. The van der Waals surface area contributed by atoms with Gasteiger partial charge in [-0.1, -0.05) is 56.3 Å². The summed E-state index contributed by atoms with van der Waals surface area (Å²) < 4.78 is 0. The molecule has 2 bridgehead atoms. The Morgan fingerprint density at radius 1 is 0.837 bits per heavy atom. The Bertz CT molecular complexity index is 1480. The maximum atomic E-state index is 13.7. The van der Waals surface area contributed by atoms with Crippen molar-refractivity contribution < 1.29 is 28.8 Å². The van der Waals surface area contributed by atoms with Gasteiger partial charge in [0.2, 0.25) is 23.6 Å². The van der Waals surface area contributed by atoms with Gasteiger partial charge in [0.15, 0.2) is 0 Å². The highest BCUT2D eigenvalue weighted by Gasteiger charge is 2.36. The maximum Gasteiger partial charge on any atom is 0.315 e. The van der Waals surface area contributed by atoms with Crippen LogP contribution in [0.1, 0.15) is 74.4 Å². The number of rotatable bonds is 5. The summed E-state index contributed by atoms with van der Waals surface area (Å²) in [6.07, 6.45) is 2.85.